The van der Waals surface area contributed by atoms with Gasteiger partial charge in [0, 0.05) is 23.7 Å². The summed E-state index contributed by atoms with van der Waals surface area (Å²) in [6, 6.07) is 14.9. The maximum atomic E-state index is 9.36. The van der Waals surface area contributed by atoms with E-state index in [4.69, 9.17) is 4.74 Å². The van der Waals surface area contributed by atoms with Gasteiger partial charge in [-0.15, -0.1) is 11.3 Å². The van der Waals surface area contributed by atoms with Gasteiger partial charge in [-0.05, 0) is 48.5 Å². The Morgan fingerprint density at radius 1 is 1.05 bits per heavy atom. The molecule has 1 aromatic heterocycles. The summed E-state index contributed by atoms with van der Waals surface area (Å²) < 4.78 is 5.17. The highest BCUT2D eigenvalue weighted by molar-refractivity contribution is 7.14. The Morgan fingerprint density at radius 2 is 1.73 bits per heavy atom. The molecule has 0 bridgehead atoms. The fourth-order valence-electron chi connectivity index (χ4n) is 2.10. The van der Waals surface area contributed by atoms with Crippen LogP contribution in [0.5, 0.6) is 11.5 Å². The van der Waals surface area contributed by atoms with Crippen LogP contribution in [-0.2, 0) is 0 Å². The van der Waals surface area contributed by atoms with Crippen molar-refractivity contribution in [3.8, 4) is 22.8 Å². The van der Waals surface area contributed by atoms with Gasteiger partial charge in [0.05, 0.1) is 12.8 Å². The van der Waals surface area contributed by atoms with E-state index in [1.165, 1.54) is 0 Å². The Kier molecular flexibility index (Phi) is 3.98. The number of methoxy groups -OCH3 is 1. The summed E-state index contributed by atoms with van der Waals surface area (Å²) in [7, 11) is 3.62. The molecule has 0 aliphatic rings. The van der Waals surface area contributed by atoms with Gasteiger partial charge in [-0.2, -0.15) is 0 Å². The number of rotatable bonds is 4. The third kappa shape index (κ3) is 2.89. The van der Waals surface area contributed by atoms with Crippen LogP contribution in [0.4, 0.5) is 10.8 Å². The van der Waals surface area contributed by atoms with Crippen LogP contribution < -0.4 is 9.64 Å². The quantitative estimate of drug-likeness (QED) is 0.780. The largest absolute Gasteiger partial charge is 0.508 e. The van der Waals surface area contributed by atoms with Crippen molar-refractivity contribution in [2.75, 3.05) is 19.1 Å². The molecule has 0 fully saturated rings. The minimum atomic E-state index is 0.259. The third-order valence-corrected chi connectivity index (χ3v) is 4.32. The van der Waals surface area contributed by atoms with Gasteiger partial charge < -0.3 is 14.7 Å². The second kappa shape index (κ2) is 6.07. The van der Waals surface area contributed by atoms with Crippen molar-refractivity contribution >= 4 is 22.2 Å². The molecule has 0 spiro atoms. The van der Waals surface area contributed by atoms with E-state index in [0.29, 0.717) is 0 Å². The van der Waals surface area contributed by atoms with Gasteiger partial charge in [-0.1, -0.05) is 0 Å². The van der Waals surface area contributed by atoms with Crippen molar-refractivity contribution in [1.82, 2.24) is 4.98 Å². The van der Waals surface area contributed by atoms with Crippen molar-refractivity contribution < 1.29 is 9.84 Å². The Balaban J connectivity index is 1.84. The van der Waals surface area contributed by atoms with E-state index in [0.717, 1.165) is 27.8 Å². The number of thiazole rings is 1. The molecule has 0 amide bonds. The lowest BCUT2D eigenvalue weighted by molar-refractivity contribution is 0.415. The van der Waals surface area contributed by atoms with E-state index in [1.54, 1.807) is 30.6 Å². The number of aromatic hydroxyl groups is 1. The van der Waals surface area contributed by atoms with Gasteiger partial charge in [0.2, 0.25) is 0 Å². The van der Waals surface area contributed by atoms with Crippen LogP contribution in [0, 0.1) is 0 Å². The van der Waals surface area contributed by atoms with Crippen LogP contribution in [0.15, 0.2) is 53.9 Å². The molecule has 0 unspecified atom stereocenters. The van der Waals surface area contributed by atoms with Crippen LogP contribution in [0.3, 0.4) is 0 Å². The molecule has 3 rings (SSSR count). The molecule has 0 aliphatic carbocycles. The first-order valence-corrected chi connectivity index (χ1v) is 7.68. The van der Waals surface area contributed by atoms with Gasteiger partial charge in [0.25, 0.3) is 0 Å². The number of nitrogens with zero attached hydrogens (tertiary/aromatic N) is 2. The molecule has 1 N–H and O–H groups in total. The maximum Gasteiger partial charge on any atom is 0.190 e. The molecular weight excluding hydrogens is 296 g/mol. The number of hydrogen-bond acceptors (Lipinski definition) is 5. The maximum absolute atomic E-state index is 9.36. The van der Waals surface area contributed by atoms with Gasteiger partial charge in [-0.3, -0.25) is 0 Å². The van der Waals surface area contributed by atoms with Crippen molar-refractivity contribution in [3.63, 3.8) is 0 Å². The van der Waals surface area contributed by atoms with Crippen LogP contribution >= 0.6 is 11.3 Å². The van der Waals surface area contributed by atoms with Crippen molar-refractivity contribution in [2.24, 2.45) is 0 Å². The van der Waals surface area contributed by atoms with E-state index in [2.05, 4.69) is 4.98 Å². The van der Waals surface area contributed by atoms with Crippen LogP contribution in [-0.4, -0.2) is 24.2 Å². The molecule has 0 radical (unpaired) electrons. The highest BCUT2D eigenvalue weighted by atomic mass is 32.1. The summed E-state index contributed by atoms with van der Waals surface area (Å²) in [6.07, 6.45) is 0. The smallest absolute Gasteiger partial charge is 0.190 e. The summed E-state index contributed by atoms with van der Waals surface area (Å²) in [5.41, 5.74) is 2.98. The van der Waals surface area contributed by atoms with E-state index in [9.17, 15) is 5.11 Å². The predicted molar refractivity (Wildman–Crippen MR) is 90.3 cm³/mol. The zero-order valence-electron chi connectivity index (χ0n) is 12.4. The number of phenols is 1. The monoisotopic (exact) mass is 312 g/mol. The lowest BCUT2D eigenvalue weighted by Crippen LogP contribution is -2.08. The number of benzene rings is 2. The summed E-state index contributed by atoms with van der Waals surface area (Å²) in [6.45, 7) is 0. The van der Waals surface area contributed by atoms with Gasteiger partial charge in [0.1, 0.15) is 11.5 Å². The Morgan fingerprint density at radius 3 is 2.36 bits per heavy atom. The highest BCUT2D eigenvalue weighted by Gasteiger charge is 2.10. The molecule has 4 nitrogen and oxygen atoms in total. The topological polar surface area (TPSA) is 45.6 Å². The Labute approximate surface area is 133 Å². The fourth-order valence-corrected chi connectivity index (χ4v) is 2.92. The molecule has 0 aliphatic heterocycles. The van der Waals surface area contributed by atoms with Crippen molar-refractivity contribution in [3.05, 3.63) is 53.9 Å². The number of hydrogen-bond donors (Lipinski definition) is 1. The first-order valence-electron chi connectivity index (χ1n) is 6.80. The summed E-state index contributed by atoms with van der Waals surface area (Å²) >= 11 is 1.58. The average Bonchev–Trinajstić information content (AvgIpc) is 3.05. The zero-order chi connectivity index (χ0) is 15.5. The lowest BCUT2D eigenvalue weighted by Gasteiger charge is -2.15. The second-order valence-corrected chi connectivity index (χ2v) is 5.66. The van der Waals surface area contributed by atoms with E-state index in [1.807, 2.05) is 53.7 Å². The summed E-state index contributed by atoms with van der Waals surface area (Å²) in [5.74, 6) is 1.09. The molecule has 0 saturated carbocycles. The lowest BCUT2D eigenvalue weighted by atomic mass is 10.2. The zero-order valence-corrected chi connectivity index (χ0v) is 13.2. The van der Waals surface area contributed by atoms with Gasteiger partial charge >= 0.3 is 0 Å². The fraction of sp³-hybridized carbons (Fsp3) is 0.118. The molecule has 2 aromatic carbocycles. The molecule has 22 heavy (non-hydrogen) atoms. The van der Waals surface area contributed by atoms with E-state index < -0.39 is 0 Å². The van der Waals surface area contributed by atoms with Crippen molar-refractivity contribution in [2.45, 2.75) is 0 Å². The Hall–Kier alpha value is -2.53. The predicted octanol–water partition coefficient (Wildman–Crippen LogP) is 4.29. The standard InChI is InChI=1S/C17H16N2O2S/c1-19(13-5-7-14(20)8-6-13)17-18-16(11-22-17)12-3-9-15(21-2)10-4-12/h3-11,20H,1-2H3. The molecular formula is C17H16N2O2S. The molecule has 5 heteroatoms. The third-order valence-electron chi connectivity index (χ3n) is 3.40. The normalized spacial score (nSPS) is 10.5. The molecule has 0 atom stereocenters. The minimum absolute atomic E-state index is 0.259. The van der Waals surface area contributed by atoms with E-state index in [-0.39, 0.29) is 5.75 Å². The molecule has 3 aromatic rings. The number of aromatic nitrogens is 1. The van der Waals surface area contributed by atoms with Crippen LogP contribution in [0.2, 0.25) is 0 Å². The van der Waals surface area contributed by atoms with E-state index >= 15 is 0 Å². The highest BCUT2D eigenvalue weighted by Crippen LogP contribution is 2.32. The average molecular weight is 312 g/mol. The Bertz CT molecular complexity index is 751. The minimum Gasteiger partial charge on any atom is -0.508 e. The van der Waals surface area contributed by atoms with Crippen molar-refractivity contribution in [1.29, 1.82) is 0 Å². The molecule has 112 valence electrons. The first kappa shape index (κ1) is 14.4. The second-order valence-electron chi connectivity index (χ2n) is 4.82. The van der Waals surface area contributed by atoms with Crippen LogP contribution in [0.1, 0.15) is 0 Å². The molecule has 0 saturated heterocycles. The van der Waals surface area contributed by atoms with Crippen LogP contribution in [0.25, 0.3) is 11.3 Å². The SMILES string of the molecule is COc1ccc(-c2csc(N(C)c3ccc(O)cc3)n2)cc1. The first-order chi connectivity index (χ1) is 10.7. The number of anilines is 2. The van der Waals surface area contributed by atoms with Gasteiger partial charge in [-0.25, -0.2) is 4.98 Å². The molecule has 1 heterocycles. The number of ether oxygens (including phenoxy) is 1. The van der Waals surface area contributed by atoms with Gasteiger partial charge in [0.15, 0.2) is 5.13 Å². The summed E-state index contributed by atoms with van der Waals surface area (Å²) in [5, 5.41) is 12.3. The summed E-state index contributed by atoms with van der Waals surface area (Å²) in [4.78, 5) is 6.67. The number of phenolic OH excluding ortho intramolecular Hbond substituents is 1.